The van der Waals surface area contributed by atoms with Crippen LogP contribution in [0.1, 0.15) is 51.9 Å². The Hall–Kier alpha value is 0.400. The summed E-state index contributed by atoms with van der Waals surface area (Å²) in [5, 5.41) is 0. The van der Waals surface area contributed by atoms with Gasteiger partial charge in [0.25, 0.3) is 0 Å². The molecule has 1 spiro atoms. The third-order valence-electron chi connectivity index (χ3n) is 4.33. The molecule has 2 heterocycles. The molecule has 2 aliphatic rings. The van der Waals surface area contributed by atoms with E-state index >= 15 is 0 Å². The van der Waals surface area contributed by atoms with Crippen LogP contribution < -0.4 is 0 Å². The molecular formula is C14H25BrO2. The first kappa shape index (κ1) is 13.8. The summed E-state index contributed by atoms with van der Waals surface area (Å²) < 4.78 is 11.5. The molecule has 2 nitrogen and oxygen atoms in total. The van der Waals surface area contributed by atoms with Gasteiger partial charge in [0.1, 0.15) is 0 Å². The van der Waals surface area contributed by atoms with Crippen molar-refractivity contribution >= 4 is 15.9 Å². The van der Waals surface area contributed by atoms with E-state index in [0.717, 1.165) is 38.6 Å². The van der Waals surface area contributed by atoms with Gasteiger partial charge >= 0.3 is 0 Å². The Morgan fingerprint density at radius 1 is 1.29 bits per heavy atom. The number of ether oxygens (including phenoxy) is 2. The summed E-state index contributed by atoms with van der Waals surface area (Å²) in [5.74, 6) is 0.869. The van der Waals surface area contributed by atoms with E-state index in [0.29, 0.717) is 4.83 Å². The van der Waals surface area contributed by atoms with Crippen LogP contribution in [0.25, 0.3) is 0 Å². The van der Waals surface area contributed by atoms with E-state index in [-0.39, 0.29) is 5.60 Å². The molecule has 0 saturated carbocycles. The minimum Gasteiger partial charge on any atom is -0.381 e. The number of hydrogen-bond donors (Lipinski definition) is 0. The summed E-state index contributed by atoms with van der Waals surface area (Å²) >= 11 is 3.74. The Bertz CT molecular complexity index is 221. The summed E-state index contributed by atoms with van der Waals surface area (Å²) in [4.78, 5) is 0.705. The van der Waals surface area contributed by atoms with Gasteiger partial charge in [-0.2, -0.15) is 0 Å². The maximum atomic E-state index is 6.08. The molecule has 2 rings (SSSR count). The van der Waals surface area contributed by atoms with Crippen molar-refractivity contribution in [3.63, 3.8) is 0 Å². The highest BCUT2D eigenvalue weighted by molar-refractivity contribution is 9.09. The summed E-state index contributed by atoms with van der Waals surface area (Å²) in [6.45, 7) is 5.00. The van der Waals surface area contributed by atoms with E-state index in [9.17, 15) is 0 Å². The minimum atomic E-state index is 0.176. The highest BCUT2D eigenvalue weighted by Gasteiger charge is 2.38. The Kier molecular flexibility index (Phi) is 5.31. The third kappa shape index (κ3) is 3.93. The molecule has 2 unspecified atom stereocenters. The molecule has 17 heavy (non-hydrogen) atoms. The van der Waals surface area contributed by atoms with Crippen molar-refractivity contribution in [3.8, 4) is 0 Å². The Labute approximate surface area is 114 Å². The van der Waals surface area contributed by atoms with E-state index in [4.69, 9.17) is 9.47 Å². The molecule has 2 aliphatic heterocycles. The lowest BCUT2D eigenvalue weighted by Crippen LogP contribution is -2.44. The Morgan fingerprint density at radius 3 is 2.76 bits per heavy atom. The SMILES string of the molecule is CCC(Br)CCC1CCOC2(CCOCC2)C1. The van der Waals surface area contributed by atoms with Crippen LogP contribution in [-0.4, -0.2) is 30.2 Å². The highest BCUT2D eigenvalue weighted by Crippen LogP contribution is 2.39. The van der Waals surface area contributed by atoms with Gasteiger partial charge in [0.15, 0.2) is 0 Å². The Morgan fingerprint density at radius 2 is 2.06 bits per heavy atom. The summed E-state index contributed by atoms with van der Waals surface area (Å²) in [6.07, 6.45) is 8.64. The maximum absolute atomic E-state index is 6.08. The topological polar surface area (TPSA) is 18.5 Å². The van der Waals surface area contributed by atoms with Gasteiger partial charge in [-0.05, 0) is 50.9 Å². The van der Waals surface area contributed by atoms with E-state index < -0.39 is 0 Å². The summed E-state index contributed by atoms with van der Waals surface area (Å²) in [5.41, 5.74) is 0.176. The van der Waals surface area contributed by atoms with Crippen molar-refractivity contribution in [1.29, 1.82) is 0 Å². The molecule has 2 saturated heterocycles. The van der Waals surface area contributed by atoms with Crippen molar-refractivity contribution < 1.29 is 9.47 Å². The van der Waals surface area contributed by atoms with Crippen molar-refractivity contribution in [1.82, 2.24) is 0 Å². The maximum Gasteiger partial charge on any atom is 0.0729 e. The zero-order chi connectivity index (χ0) is 12.1. The molecule has 0 aromatic heterocycles. The summed E-state index contributed by atoms with van der Waals surface area (Å²) in [7, 11) is 0. The molecule has 0 bridgehead atoms. The number of rotatable bonds is 4. The monoisotopic (exact) mass is 304 g/mol. The first-order valence-corrected chi connectivity index (χ1v) is 8.01. The van der Waals surface area contributed by atoms with Gasteiger partial charge in [0.05, 0.1) is 5.60 Å². The van der Waals surface area contributed by atoms with Crippen LogP contribution in [-0.2, 0) is 9.47 Å². The fraction of sp³-hybridized carbons (Fsp3) is 1.00. The van der Waals surface area contributed by atoms with Gasteiger partial charge in [0, 0.05) is 24.6 Å². The number of halogens is 1. The zero-order valence-electron chi connectivity index (χ0n) is 10.9. The second kappa shape index (κ2) is 6.53. The van der Waals surface area contributed by atoms with Gasteiger partial charge in [-0.15, -0.1) is 0 Å². The first-order chi connectivity index (χ1) is 8.24. The van der Waals surface area contributed by atoms with Crippen molar-refractivity contribution in [3.05, 3.63) is 0 Å². The largest absolute Gasteiger partial charge is 0.381 e. The average Bonchev–Trinajstić information content (AvgIpc) is 2.37. The lowest BCUT2D eigenvalue weighted by atomic mass is 9.79. The van der Waals surface area contributed by atoms with Crippen LogP contribution in [0.5, 0.6) is 0 Å². The molecule has 0 amide bonds. The van der Waals surface area contributed by atoms with Crippen LogP contribution in [0.15, 0.2) is 0 Å². The molecule has 0 aromatic carbocycles. The molecule has 2 atom stereocenters. The molecule has 0 radical (unpaired) electrons. The van der Waals surface area contributed by atoms with Crippen molar-refractivity contribution in [2.45, 2.75) is 62.3 Å². The van der Waals surface area contributed by atoms with Gasteiger partial charge < -0.3 is 9.47 Å². The highest BCUT2D eigenvalue weighted by atomic mass is 79.9. The predicted molar refractivity (Wildman–Crippen MR) is 73.7 cm³/mol. The van der Waals surface area contributed by atoms with E-state index in [1.807, 2.05) is 0 Å². The number of alkyl halides is 1. The molecular weight excluding hydrogens is 280 g/mol. The fourth-order valence-electron chi connectivity index (χ4n) is 3.09. The van der Waals surface area contributed by atoms with Crippen LogP contribution in [0, 0.1) is 5.92 Å². The van der Waals surface area contributed by atoms with Crippen LogP contribution in [0.3, 0.4) is 0 Å². The first-order valence-electron chi connectivity index (χ1n) is 7.10. The van der Waals surface area contributed by atoms with Gasteiger partial charge in [-0.25, -0.2) is 0 Å². The second-order valence-electron chi connectivity index (χ2n) is 5.59. The molecule has 0 N–H and O–H groups in total. The smallest absolute Gasteiger partial charge is 0.0729 e. The minimum absolute atomic E-state index is 0.176. The molecule has 0 aromatic rings. The van der Waals surface area contributed by atoms with Gasteiger partial charge in [-0.1, -0.05) is 22.9 Å². The lowest BCUT2D eigenvalue weighted by Gasteiger charge is -2.43. The molecule has 2 fully saturated rings. The normalized spacial score (nSPS) is 30.4. The quantitative estimate of drug-likeness (QED) is 0.733. The molecule has 0 aliphatic carbocycles. The summed E-state index contributed by atoms with van der Waals surface area (Å²) in [6, 6.07) is 0. The third-order valence-corrected chi connectivity index (χ3v) is 5.44. The fourth-order valence-corrected chi connectivity index (χ4v) is 3.35. The molecule has 3 heteroatoms. The number of hydrogen-bond acceptors (Lipinski definition) is 2. The predicted octanol–water partition coefficient (Wildman–Crippen LogP) is 3.92. The Balaban J connectivity index is 1.79. The van der Waals surface area contributed by atoms with Crippen molar-refractivity contribution in [2.75, 3.05) is 19.8 Å². The van der Waals surface area contributed by atoms with E-state index in [2.05, 4.69) is 22.9 Å². The molecule has 100 valence electrons. The van der Waals surface area contributed by atoms with Gasteiger partial charge in [-0.3, -0.25) is 0 Å². The van der Waals surface area contributed by atoms with Crippen LogP contribution in [0.2, 0.25) is 0 Å². The van der Waals surface area contributed by atoms with Gasteiger partial charge in [0.2, 0.25) is 0 Å². The van der Waals surface area contributed by atoms with E-state index in [1.54, 1.807) is 0 Å². The standard InChI is InChI=1S/C14H25BrO2/c1-2-13(15)4-3-12-5-8-17-14(11-12)6-9-16-10-7-14/h12-13H,2-11H2,1H3. The second-order valence-corrected chi connectivity index (χ2v) is 6.88. The van der Waals surface area contributed by atoms with Crippen LogP contribution in [0.4, 0.5) is 0 Å². The zero-order valence-corrected chi connectivity index (χ0v) is 12.5. The van der Waals surface area contributed by atoms with Crippen molar-refractivity contribution in [2.24, 2.45) is 5.92 Å². The lowest BCUT2D eigenvalue weighted by molar-refractivity contribution is -0.147. The average molecular weight is 305 g/mol. The van der Waals surface area contributed by atoms with E-state index in [1.165, 1.54) is 32.1 Å². The van der Waals surface area contributed by atoms with Crippen LogP contribution >= 0.6 is 15.9 Å².